The number of nitrogens with zero attached hydrogens (tertiary/aromatic N) is 2. The van der Waals surface area contributed by atoms with E-state index < -0.39 is 0 Å². The van der Waals surface area contributed by atoms with Crippen LogP contribution in [0.2, 0.25) is 0 Å². The van der Waals surface area contributed by atoms with Gasteiger partial charge in [-0.3, -0.25) is 10.1 Å². The van der Waals surface area contributed by atoms with Gasteiger partial charge in [0.05, 0.1) is 5.69 Å². The van der Waals surface area contributed by atoms with Crippen molar-refractivity contribution in [2.45, 2.75) is 26.2 Å². The van der Waals surface area contributed by atoms with Crippen molar-refractivity contribution in [3.05, 3.63) is 41.1 Å². The Balaban J connectivity index is 1.65. The second kappa shape index (κ2) is 6.48. The van der Waals surface area contributed by atoms with E-state index in [2.05, 4.69) is 23.3 Å². The summed E-state index contributed by atoms with van der Waals surface area (Å²) in [6.07, 6.45) is 11.4. The molecule has 0 fully saturated rings. The lowest BCUT2D eigenvalue weighted by Gasteiger charge is -2.17. The van der Waals surface area contributed by atoms with Crippen LogP contribution >= 0.6 is 11.3 Å². The molecule has 0 saturated carbocycles. The van der Waals surface area contributed by atoms with Crippen LogP contribution in [0.5, 0.6) is 0 Å². The monoisotopic (exact) mass is 315 g/mol. The predicted octanol–water partition coefficient (Wildman–Crippen LogP) is 3.67. The third kappa shape index (κ3) is 3.47. The van der Waals surface area contributed by atoms with Crippen LogP contribution in [0.15, 0.2) is 35.4 Å². The molecule has 1 N–H and O–H groups in total. The van der Waals surface area contributed by atoms with Gasteiger partial charge >= 0.3 is 0 Å². The molecule has 1 aliphatic heterocycles. The highest BCUT2D eigenvalue weighted by molar-refractivity contribution is 7.14. The quantitative estimate of drug-likeness (QED) is 0.925. The zero-order valence-corrected chi connectivity index (χ0v) is 13.8. The van der Waals surface area contributed by atoms with Gasteiger partial charge < -0.3 is 4.90 Å². The van der Waals surface area contributed by atoms with Crippen LogP contribution in [0, 0.1) is 5.92 Å². The summed E-state index contributed by atoms with van der Waals surface area (Å²) >= 11 is 1.49. The highest BCUT2D eigenvalue weighted by Crippen LogP contribution is 2.31. The normalized spacial score (nSPS) is 21.4. The van der Waals surface area contributed by atoms with Gasteiger partial charge in [-0.2, -0.15) is 0 Å². The average molecular weight is 315 g/mol. The van der Waals surface area contributed by atoms with Crippen LogP contribution in [0.1, 0.15) is 31.9 Å². The number of nitrogens with one attached hydrogen (secondary N) is 1. The molecule has 1 aromatic rings. The molecule has 2 aliphatic rings. The van der Waals surface area contributed by atoms with Crippen LogP contribution in [0.4, 0.5) is 5.13 Å². The number of thiazole rings is 1. The van der Waals surface area contributed by atoms with Crippen molar-refractivity contribution in [1.82, 2.24) is 9.88 Å². The number of aromatic nitrogens is 1. The fraction of sp³-hybridized carbons (Fsp3) is 0.412. The first-order valence-corrected chi connectivity index (χ1v) is 8.54. The van der Waals surface area contributed by atoms with Crippen molar-refractivity contribution in [3.63, 3.8) is 0 Å². The number of carbonyl (C=O) groups excluding carboxylic acids is 1. The lowest BCUT2D eigenvalue weighted by molar-refractivity contribution is -0.112. The Labute approximate surface area is 135 Å². The third-order valence-corrected chi connectivity index (χ3v) is 4.85. The Morgan fingerprint density at radius 3 is 3.00 bits per heavy atom. The Morgan fingerprint density at radius 1 is 1.45 bits per heavy atom. The minimum atomic E-state index is -0.0866. The first kappa shape index (κ1) is 15.0. The van der Waals surface area contributed by atoms with Crippen LogP contribution in [0.3, 0.4) is 0 Å². The topological polar surface area (TPSA) is 45.2 Å². The summed E-state index contributed by atoms with van der Waals surface area (Å²) in [5.41, 5.74) is 3.02. The number of anilines is 1. The molecule has 22 heavy (non-hydrogen) atoms. The average Bonchev–Trinajstić information content (AvgIpc) is 2.97. The number of amides is 1. The molecule has 1 aromatic heterocycles. The number of hydrogen-bond acceptors (Lipinski definition) is 4. The molecule has 116 valence electrons. The zero-order valence-electron chi connectivity index (χ0n) is 13.0. The lowest BCUT2D eigenvalue weighted by atomic mass is 9.90. The van der Waals surface area contributed by atoms with Crippen molar-refractivity contribution < 1.29 is 4.79 Å². The Morgan fingerprint density at radius 2 is 2.32 bits per heavy atom. The Hall–Kier alpha value is -1.88. The minimum absolute atomic E-state index is 0.0866. The van der Waals surface area contributed by atoms with Crippen LogP contribution in [-0.4, -0.2) is 29.4 Å². The van der Waals surface area contributed by atoms with Gasteiger partial charge in [0, 0.05) is 24.5 Å². The third-order valence-electron chi connectivity index (χ3n) is 4.10. The summed E-state index contributed by atoms with van der Waals surface area (Å²) < 4.78 is 0. The largest absolute Gasteiger partial charge is 0.377 e. The summed E-state index contributed by atoms with van der Waals surface area (Å²) in [6, 6.07) is 0. The molecule has 1 unspecified atom stereocenters. The fourth-order valence-corrected chi connectivity index (χ4v) is 3.32. The van der Waals surface area contributed by atoms with Gasteiger partial charge in [-0.15, -0.1) is 11.3 Å². The van der Waals surface area contributed by atoms with Crippen molar-refractivity contribution in [3.8, 4) is 0 Å². The molecule has 0 bridgehead atoms. The minimum Gasteiger partial charge on any atom is -0.377 e. The maximum absolute atomic E-state index is 12.2. The molecule has 1 atom stereocenters. The van der Waals surface area contributed by atoms with Crippen molar-refractivity contribution >= 4 is 27.9 Å². The molecule has 3 rings (SSSR count). The second-order valence-corrected chi connectivity index (χ2v) is 6.87. The van der Waals surface area contributed by atoms with E-state index in [-0.39, 0.29) is 5.91 Å². The maximum Gasteiger partial charge on any atom is 0.257 e. The summed E-state index contributed by atoms with van der Waals surface area (Å²) in [7, 11) is 1.98. The van der Waals surface area contributed by atoms with Gasteiger partial charge in [0.1, 0.15) is 0 Å². The number of allylic oxidation sites excluding steroid dienone is 2. The van der Waals surface area contributed by atoms with Crippen LogP contribution in [-0.2, 0) is 4.79 Å². The maximum atomic E-state index is 12.2. The molecule has 5 heteroatoms. The Kier molecular flexibility index (Phi) is 4.43. The fourth-order valence-electron chi connectivity index (χ4n) is 2.59. The highest BCUT2D eigenvalue weighted by atomic mass is 32.1. The zero-order chi connectivity index (χ0) is 15.5. The Bertz CT molecular complexity index is 657. The molecule has 0 saturated heterocycles. The van der Waals surface area contributed by atoms with E-state index >= 15 is 0 Å². The second-order valence-electron chi connectivity index (χ2n) is 6.02. The molecule has 0 aromatic carbocycles. The molecule has 0 spiro atoms. The SMILES string of the molecule is CC1CC=C(c2csc(NC(=O)C3=CCN(C)C=C3)n2)CC1. The summed E-state index contributed by atoms with van der Waals surface area (Å²) in [6.45, 7) is 3.04. The lowest BCUT2D eigenvalue weighted by Crippen LogP contribution is -2.20. The first-order chi connectivity index (χ1) is 10.6. The summed E-state index contributed by atoms with van der Waals surface area (Å²) in [5.74, 6) is 0.682. The molecule has 1 aliphatic carbocycles. The summed E-state index contributed by atoms with van der Waals surface area (Å²) in [5, 5.41) is 5.61. The van der Waals surface area contributed by atoms with Gasteiger partial charge in [0.15, 0.2) is 5.13 Å². The first-order valence-electron chi connectivity index (χ1n) is 7.66. The van der Waals surface area contributed by atoms with E-state index in [0.29, 0.717) is 10.7 Å². The molecule has 0 radical (unpaired) electrons. The molecular formula is C17H21N3OS. The van der Waals surface area contributed by atoms with Crippen molar-refractivity contribution in [2.24, 2.45) is 5.92 Å². The van der Waals surface area contributed by atoms with E-state index in [1.54, 1.807) is 0 Å². The van der Waals surface area contributed by atoms with Crippen LogP contribution < -0.4 is 5.32 Å². The van der Waals surface area contributed by atoms with Crippen molar-refractivity contribution in [2.75, 3.05) is 18.9 Å². The number of rotatable bonds is 3. The molecule has 2 heterocycles. The van der Waals surface area contributed by atoms with E-state index in [1.807, 2.05) is 35.7 Å². The number of likely N-dealkylation sites (N-methyl/N-ethyl adjacent to an activating group) is 1. The van der Waals surface area contributed by atoms with Gasteiger partial charge in [0.25, 0.3) is 5.91 Å². The predicted molar refractivity (Wildman–Crippen MR) is 91.6 cm³/mol. The van der Waals surface area contributed by atoms with E-state index in [9.17, 15) is 4.79 Å². The van der Waals surface area contributed by atoms with E-state index in [0.717, 1.165) is 31.0 Å². The molecular weight excluding hydrogens is 294 g/mol. The van der Waals surface area contributed by atoms with Crippen LogP contribution in [0.25, 0.3) is 5.57 Å². The van der Waals surface area contributed by atoms with E-state index in [1.165, 1.54) is 23.3 Å². The standard InChI is InChI=1S/C17H21N3OS/c1-12-3-5-13(6-4-12)15-11-22-17(18-15)19-16(21)14-7-9-20(2)10-8-14/h5,7-9,11-12H,3-4,6,10H2,1-2H3,(H,18,19,21). The van der Waals surface area contributed by atoms with E-state index in [4.69, 9.17) is 0 Å². The smallest absolute Gasteiger partial charge is 0.257 e. The molecule has 1 amide bonds. The molecule has 4 nitrogen and oxygen atoms in total. The van der Waals surface area contributed by atoms with Gasteiger partial charge in [-0.25, -0.2) is 4.98 Å². The number of carbonyl (C=O) groups is 1. The highest BCUT2D eigenvalue weighted by Gasteiger charge is 2.16. The summed E-state index contributed by atoms with van der Waals surface area (Å²) in [4.78, 5) is 18.8. The van der Waals surface area contributed by atoms with Gasteiger partial charge in [-0.1, -0.05) is 19.1 Å². The van der Waals surface area contributed by atoms with Gasteiger partial charge in [-0.05, 0) is 43.0 Å². The van der Waals surface area contributed by atoms with Gasteiger partial charge in [0.2, 0.25) is 0 Å². The number of hydrogen-bond donors (Lipinski definition) is 1. The van der Waals surface area contributed by atoms with Crippen molar-refractivity contribution in [1.29, 1.82) is 0 Å².